The van der Waals surface area contributed by atoms with Crippen molar-refractivity contribution in [1.82, 2.24) is 24.7 Å². The maximum absolute atomic E-state index is 13.8. The van der Waals surface area contributed by atoms with Gasteiger partial charge in [-0.3, -0.25) is 39.1 Å². The fraction of sp³-hybridized carbons (Fsp3) is 0.132. The van der Waals surface area contributed by atoms with Gasteiger partial charge in [0.2, 0.25) is 0 Å². The van der Waals surface area contributed by atoms with Crippen LogP contribution < -0.4 is 30.7 Å². The lowest BCUT2D eigenvalue weighted by Gasteiger charge is -2.17. The predicted molar refractivity (Wildman–Crippen MR) is 498 cm³/mol. The monoisotopic (exact) mass is 1750 g/mol. The first kappa shape index (κ1) is 86.0. The summed E-state index contributed by atoms with van der Waals surface area (Å²) in [5, 5.41) is 44.4. The number of pyridine rings is 2. The number of nitriles is 3. The number of fused-ring (bicyclic) bond motifs is 3. The average Bonchev–Trinajstić information content (AvgIpc) is 1.62. The number of rotatable bonds is 15. The fourth-order valence-corrected chi connectivity index (χ4v) is 20.0. The molecule has 3 saturated heterocycles. The lowest BCUT2D eigenvalue weighted by molar-refractivity contribution is -0.123. The van der Waals surface area contributed by atoms with Gasteiger partial charge in [-0.1, -0.05) is 173 Å². The molecule has 11 aromatic rings. The summed E-state index contributed by atoms with van der Waals surface area (Å²) in [4.78, 5) is 79.9. The zero-order valence-electron chi connectivity index (χ0n) is 65.6. The van der Waals surface area contributed by atoms with E-state index in [1.165, 1.54) is 35.3 Å². The molecule has 9 aromatic carbocycles. The number of hydrogen-bond donors (Lipinski definition) is 3. The maximum Gasteiger partial charge on any atom is 0.269 e. The number of anilines is 6. The standard InChI is InChI=1S/3C27H22ClN5OS2.2C5H5N/c3*1-3-30-20-11-9-18(15-29)13-21(20)31-27-33(16-17-7-5-4-6-8-17)25(34)24(36-27)26-32(2)22-14-19(28)10-12-23(22)35-26;2*1-2-4-6-5-3-1/h3*4-14,30H,3,16H2,1-2H3;2*1-5H/b3*26-24-,31-27?;;. The van der Waals surface area contributed by atoms with Gasteiger partial charge >= 0.3 is 0 Å². The van der Waals surface area contributed by atoms with Crippen LogP contribution in [0.5, 0.6) is 0 Å². The summed E-state index contributed by atoms with van der Waals surface area (Å²) in [6.45, 7) is 9.32. The second kappa shape index (κ2) is 41.2. The minimum atomic E-state index is -0.0997. The van der Waals surface area contributed by atoms with Crippen molar-refractivity contribution in [3.8, 4) is 18.2 Å². The topological polar surface area (TPSA) is 241 Å². The zero-order valence-corrected chi connectivity index (χ0v) is 72.8. The molecule has 6 aliphatic rings. The molecule has 3 fully saturated rings. The number of hydrogen-bond acceptors (Lipinski definition) is 23. The van der Waals surface area contributed by atoms with Gasteiger partial charge < -0.3 is 30.7 Å². The summed E-state index contributed by atoms with van der Waals surface area (Å²) in [6.07, 6.45) is 7.00. The van der Waals surface area contributed by atoms with E-state index in [1.807, 2.05) is 257 Å². The Morgan fingerprint density at radius 1 is 0.350 bits per heavy atom. The SMILES string of the molecule is CCNc1ccc(C#N)cc1N=C1S/C(=C2\Sc3ccc(Cl)cc3N2C)C(=O)N1Cc1ccccc1.CCNc1ccc(C#N)cc1N=C1S/C(=C2\Sc3ccc(Cl)cc3N2C)C(=O)N1Cc1ccccc1.CCNc1ccc(C#N)cc1N=C1S/C(=C2\Sc3ccc(Cl)cc3N2C)C(=O)N1Cc1ccccc1.c1ccncc1.c1ccncc1. The Labute approximate surface area is 737 Å². The number of amidine groups is 3. The van der Waals surface area contributed by atoms with Crippen LogP contribution in [0.1, 0.15) is 54.2 Å². The Morgan fingerprint density at radius 3 is 0.850 bits per heavy atom. The van der Waals surface area contributed by atoms with Gasteiger partial charge in [-0.2, -0.15) is 15.8 Å². The van der Waals surface area contributed by atoms with Crippen molar-refractivity contribution < 1.29 is 14.4 Å². The molecule has 8 heterocycles. The van der Waals surface area contributed by atoms with E-state index < -0.39 is 0 Å². The number of halogens is 3. The van der Waals surface area contributed by atoms with Gasteiger partial charge in [0.1, 0.15) is 14.7 Å². The van der Waals surface area contributed by atoms with Crippen molar-refractivity contribution in [3.05, 3.63) is 340 Å². The molecule has 0 radical (unpaired) electrons. The Hall–Kier alpha value is -11.8. The van der Waals surface area contributed by atoms with Crippen molar-refractivity contribution in [2.75, 3.05) is 71.4 Å². The van der Waals surface area contributed by atoms with E-state index in [-0.39, 0.29) is 17.7 Å². The first-order valence-electron chi connectivity index (χ1n) is 37.7. The van der Waals surface area contributed by atoms with Crippen LogP contribution >= 0.6 is 105 Å². The largest absolute Gasteiger partial charge is 0.384 e. The van der Waals surface area contributed by atoms with Gasteiger partial charge in [0.05, 0.1) is 121 Å². The second-order valence-electron chi connectivity index (χ2n) is 26.5. The normalized spacial score (nSPS) is 17.1. The number of nitrogens with one attached hydrogen (secondary N) is 3. The highest BCUT2D eigenvalue weighted by atomic mass is 35.5. The van der Waals surface area contributed by atoms with Crippen LogP contribution in [0, 0.1) is 34.0 Å². The summed E-state index contributed by atoms with van der Waals surface area (Å²) >= 11 is 27.4. The Bertz CT molecular complexity index is 5360. The molecule has 0 saturated carbocycles. The highest BCUT2D eigenvalue weighted by Gasteiger charge is 2.43. The van der Waals surface area contributed by atoms with Crippen molar-refractivity contribution in [2.24, 2.45) is 15.0 Å². The van der Waals surface area contributed by atoms with Crippen LogP contribution in [-0.4, -0.2) is 98.7 Å². The lowest BCUT2D eigenvalue weighted by Crippen LogP contribution is -2.29. The molecule has 3 N–H and O–H groups in total. The van der Waals surface area contributed by atoms with Crippen molar-refractivity contribution in [3.63, 3.8) is 0 Å². The lowest BCUT2D eigenvalue weighted by atomic mass is 10.2. The van der Waals surface area contributed by atoms with E-state index in [4.69, 9.17) is 49.8 Å². The Balaban J connectivity index is 0.000000145. The quantitative estimate of drug-likeness (QED) is 0.0808. The van der Waals surface area contributed by atoms with Crippen LogP contribution in [-0.2, 0) is 34.0 Å². The smallest absolute Gasteiger partial charge is 0.269 e. The molecule has 600 valence electrons. The third-order valence-electron chi connectivity index (χ3n) is 18.4. The molecule has 20 nitrogen and oxygen atoms in total. The zero-order chi connectivity index (χ0) is 84.2. The number of carbonyl (C=O) groups is 3. The third kappa shape index (κ3) is 20.9. The maximum atomic E-state index is 13.8. The van der Waals surface area contributed by atoms with Gasteiger partial charge in [-0.25, -0.2) is 15.0 Å². The second-order valence-corrected chi connectivity index (χ2v) is 33.8. The van der Waals surface area contributed by atoms with E-state index in [9.17, 15) is 30.2 Å². The molecular formula is C91H76Cl3N17O3S6. The molecule has 0 spiro atoms. The first-order valence-corrected chi connectivity index (χ1v) is 43.8. The number of benzene rings is 9. The van der Waals surface area contributed by atoms with Gasteiger partial charge in [-0.15, -0.1) is 0 Å². The van der Waals surface area contributed by atoms with Gasteiger partial charge in [-0.05, 0) is 206 Å². The summed E-state index contributed by atoms with van der Waals surface area (Å²) in [6, 6.07) is 80.9. The van der Waals surface area contributed by atoms with Gasteiger partial charge in [0.25, 0.3) is 17.7 Å². The molecule has 0 unspecified atom stereocenters. The Kier molecular flexibility index (Phi) is 29.6. The van der Waals surface area contributed by atoms with E-state index in [2.05, 4.69) is 44.1 Å². The molecule has 3 amide bonds. The predicted octanol–water partition coefficient (Wildman–Crippen LogP) is 22.6. The van der Waals surface area contributed by atoms with Crippen molar-refractivity contribution >= 4 is 190 Å². The highest BCUT2D eigenvalue weighted by Crippen LogP contribution is 2.55. The van der Waals surface area contributed by atoms with Crippen molar-refractivity contribution in [2.45, 2.75) is 55.1 Å². The average molecular weight is 1750 g/mol. The molecule has 6 aliphatic heterocycles. The van der Waals surface area contributed by atoms with E-state index in [0.717, 1.165) is 80.6 Å². The number of carbonyl (C=O) groups excluding carboxylic acids is 3. The van der Waals surface area contributed by atoms with E-state index in [1.54, 1.807) is 111 Å². The number of thioether (sulfide) groups is 6. The van der Waals surface area contributed by atoms with Crippen LogP contribution in [0.2, 0.25) is 15.1 Å². The van der Waals surface area contributed by atoms with Crippen LogP contribution in [0.15, 0.2) is 321 Å². The van der Waals surface area contributed by atoms with Gasteiger partial charge in [0, 0.05) is 95.3 Å². The van der Waals surface area contributed by atoms with Gasteiger partial charge in [0.15, 0.2) is 15.5 Å². The highest BCUT2D eigenvalue weighted by molar-refractivity contribution is 8.20. The number of aliphatic imine (C=N–C) groups is 3. The molecule has 0 aliphatic carbocycles. The third-order valence-corrected chi connectivity index (χ3v) is 26.4. The number of nitrogens with zero attached hydrogens (tertiary/aromatic N) is 14. The summed E-state index contributed by atoms with van der Waals surface area (Å²) in [5.41, 5.74) is 11.8. The molecule has 17 rings (SSSR count). The molecule has 29 heteroatoms. The molecule has 2 aromatic heterocycles. The summed E-state index contributed by atoms with van der Waals surface area (Å²) in [7, 11) is 5.84. The van der Waals surface area contributed by atoms with Crippen molar-refractivity contribution in [1.29, 1.82) is 15.8 Å². The molecular weight excluding hydrogens is 1680 g/mol. The van der Waals surface area contributed by atoms with E-state index >= 15 is 0 Å². The number of aromatic nitrogens is 2. The Morgan fingerprint density at radius 2 is 0.617 bits per heavy atom. The van der Waals surface area contributed by atoms with Crippen LogP contribution in [0.3, 0.4) is 0 Å². The molecule has 0 bridgehead atoms. The number of amides is 3. The fourth-order valence-electron chi connectivity index (χ4n) is 12.6. The first-order chi connectivity index (χ1) is 58.4. The summed E-state index contributed by atoms with van der Waals surface area (Å²) < 4.78 is 0. The summed E-state index contributed by atoms with van der Waals surface area (Å²) in [5.74, 6) is -0.299. The minimum absolute atomic E-state index is 0.0997. The molecule has 0 atom stereocenters. The molecule has 120 heavy (non-hydrogen) atoms. The van der Waals surface area contributed by atoms with E-state index in [0.29, 0.717) is 118 Å². The van der Waals surface area contributed by atoms with Crippen LogP contribution in [0.4, 0.5) is 51.2 Å². The van der Waals surface area contributed by atoms with Crippen LogP contribution in [0.25, 0.3) is 0 Å². The minimum Gasteiger partial charge on any atom is -0.384 e.